The van der Waals surface area contributed by atoms with Gasteiger partial charge < -0.3 is 9.32 Å². The van der Waals surface area contributed by atoms with E-state index in [2.05, 4.69) is 217 Å². The van der Waals surface area contributed by atoms with E-state index in [0.29, 0.717) is 0 Å². The molecule has 2 aliphatic carbocycles. The third-order valence-electron chi connectivity index (χ3n) is 13.1. The van der Waals surface area contributed by atoms with Crippen molar-refractivity contribution >= 4 is 60.5 Å². The minimum absolute atomic E-state index is 0.457. The van der Waals surface area contributed by atoms with Gasteiger partial charge in [0.05, 0.1) is 11.1 Å². The molecule has 13 rings (SSSR count). The molecule has 0 N–H and O–H groups in total. The van der Waals surface area contributed by atoms with Crippen LogP contribution in [-0.2, 0) is 5.41 Å². The van der Waals surface area contributed by atoms with Crippen molar-refractivity contribution in [3.8, 4) is 33.4 Å². The number of hydrogen-bond acceptors (Lipinski definition) is 2. The van der Waals surface area contributed by atoms with Crippen molar-refractivity contribution in [3.63, 3.8) is 0 Å². The van der Waals surface area contributed by atoms with Crippen LogP contribution in [0.3, 0.4) is 0 Å². The Morgan fingerprint density at radius 3 is 1.46 bits per heavy atom. The van der Waals surface area contributed by atoms with Gasteiger partial charge in [0.15, 0.2) is 5.58 Å². The van der Waals surface area contributed by atoms with Gasteiger partial charge in [-0.3, -0.25) is 0 Å². The highest BCUT2D eigenvalue weighted by atomic mass is 16.3. The molecule has 0 radical (unpaired) electrons. The van der Waals surface area contributed by atoms with Crippen molar-refractivity contribution < 1.29 is 4.42 Å². The van der Waals surface area contributed by atoms with Gasteiger partial charge in [-0.25, -0.2) is 0 Å². The Morgan fingerprint density at radius 1 is 0.322 bits per heavy atom. The molecule has 11 aromatic rings. The lowest BCUT2D eigenvalue weighted by Crippen LogP contribution is -2.26. The van der Waals surface area contributed by atoms with Crippen LogP contribution in [0.2, 0.25) is 0 Å². The molecule has 0 saturated heterocycles. The lowest BCUT2D eigenvalue weighted by atomic mass is 9.70. The van der Waals surface area contributed by atoms with Crippen molar-refractivity contribution in [2.24, 2.45) is 0 Å². The third kappa shape index (κ3) is 4.30. The topological polar surface area (TPSA) is 16.4 Å². The summed E-state index contributed by atoms with van der Waals surface area (Å²) >= 11 is 0. The smallest absolute Gasteiger partial charge is 0.160 e. The van der Waals surface area contributed by atoms with Gasteiger partial charge in [0.1, 0.15) is 5.58 Å². The van der Waals surface area contributed by atoms with E-state index in [1.54, 1.807) is 0 Å². The Morgan fingerprint density at radius 2 is 0.814 bits per heavy atom. The fraction of sp³-hybridized carbons (Fsp3) is 0.0175. The molecule has 0 fully saturated rings. The minimum Gasteiger partial charge on any atom is -0.453 e. The number of fused-ring (bicyclic) bond motifs is 18. The van der Waals surface area contributed by atoms with E-state index >= 15 is 0 Å². The van der Waals surface area contributed by atoms with Crippen LogP contribution in [0.15, 0.2) is 217 Å². The first kappa shape index (κ1) is 32.4. The average Bonchev–Trinajstić information content (AvgIpc) is 3.95. The summed E-state index contributed by atoms with van der Waals surface area (Å²) in [6.07, 6.45) is 0. The molecule has 0 saturated carbocycles. The van der Waals surface area contributed by atoms with Gasteiger partial charge >= 0.3 is 0 Å². The molecule has 10 aromatic carbocycles. The molecular formula is C57H35NO. The molecule has 0 aliphatic heterocycles. The lowest BCUT2D eigenvalue weighted by molar-refractivity contribution is 0.673. The molecule has 0 unspecified atom stereocenters. The first-order valence-electron chi connectivity index (χ1n) is 20.4. The monoisotopic (exact) mass is 749 g/mol. The summed E-state index contributed by atoms with van der Waals surface area (Å²) in [6, 6.07) is 77.7. The number of para-hydroxylation sites is 1. The largest absolute Gasteiger partial charge is 0.453 e. The van der Waals surface area contributed by atoms with Crippen molar-refractivity contribution in [2.75, 3.05) is 4.90 Å². The summed E-state index contributed by atoms with van der Waals surface area (Å²) in [5, 5.41) is 6.99. The Balaban J connectivity index is 1.15. The van der Waals surface area contributed by atoms with Gasteiger partial charge in [0.2, 0.25) is 0 Å². The van der Waals surface area contributed by atoms with Gasteiger partial charge in [-0.05, 0) is 102 Å². The van der Waals surface area contributed by atoms with E-state index in [0.717, 1.165) is 55.5 Å². The Labute approximate surface area is 341 Å². The number of anilines is 3. The van der Waals surface area contributed by atoms with Crippen LogP contribution < -0.4 is 4.90 Å². The molecule has 0 amide bonds. The van der Waals surface area contributed by atoms with Gasteiger partial charge in [-0.15, -0.1) is 0 Å². The standard InChI is InChI=1S/C57H35NO/c1-3-17-36(18-4-1)39-33-34-52(56-53(39)54-46-26-9-7-21-40(46)41-22-8-10-27-47(41)55(54)59-56)58(37-19-5-2-6-20-37)38-31-32-45-44-25-13-16-30-50(44)57(51(45)35-38)48-28-14-11-23-42(48)43-24-12-15-29-49(43)57/h1-35H. The summed E-state index contributed by atoms with van der Waals surface area (Å²) in [4.78, 5) is 2.41. The molecule has 2 heteroatoms. The zero-order chi connectivity index (χ0) is 38.7. The lowest BCUT2D eigenvalue weighted by Gasteiger charge is -2.32. The summed E-state index contributed by atoms with van der Waals surface area (Å²) in [5.74, 6) is 0. The molecule has 0 bridgehead atoms. The zero-order valence-electron chi connectivity index (χ0n) is 32.1. The zero-order valence-corrected chi connectivity index (χ0v) is 32.1. The SMILES string of the molecule is c1ccc(-c2ccc(N(c3ccccc3)c3ccc4c(c3)C3(c5ccccc5-c5ccccc53)c3ccccc3-4)c3oc4c5ccccc5c5ccccc5c4c23)cc1. The fourth-order valence-corrected chi connectivity index (χ4v) is 10.7. The molecule has 274 valence electrons. The Kier molecular flexibility index (Phi) is 6.68. The maximum absolute atomic E-state index is 7.38. The molecule has 2 aliphatic rings. The van der Waals surface area contributed by atoms with E-state index in [-0.39, 0.29) is 0 Å². The van der Waals surface area contributed by atoms with Gasteiger partial charge in [-0.1, -0.05) is 182 Å². The third-order valence-corrected chi connectivity index (χ3v) is 13.1. The van der Waals surface area contributed by atoms with Crippen LogP contribution in [0, 0.1) is 0 Å². The van der Waals surface area contributed by atoms with E-state index < -0.39 is 5.41 Å². The van der Waals surface area contributed by atoms with Crippen LogP contribution >= 0.6 is 0 Å². The molecule has 1 aromatic heterocycles. The highest BCUT2D eigenvalue weighted by Gasteiger charge is 2.51. The predicted molar refractivity (Wildman–Crippen MR) is 245 cm³/mol. The van der Waals surface area contributed by atoms with E-state index in [9.17, 15) is 0 Å². The number of nitrogens with zero attached hydrogens (tertiary/aromatic N) is 1. The van der Waals surface area contributed by atoms with Crippen molar-refractivity contribution in [2.45, 2.75) is 5.41 Å². The second-order valence-corrected chi connectivity index (χ2v) is 15.9. The fourth-order valence-electron chi connectivity index (χ4n) is 10.7. The first-order valence-corrected chi connectivity index (χ1v) is 20.4. The van der Waals surface area contributed by atoms with Crippen molar-refractivity contribution in [1.82, 2.24) is 0 Å². The molecular weight excluding hydrogens is 715 g/mol. The van der Waals surface area contributed by atoms with Gasteiger partial charge in [-0.2, -0.15) is 0 Å². The van der Waals surface area contributed by atoms with Crippen LogP contribution in [0.4, 0.5) is 17.1 Å². The normalized spacial score (nSPS) is 13.2. The molecule has 2 nitrogen and oxygen atoms in total. The van der Waals surface area contributed by atoms with E-state index in [1.807, 2.05) is 0 Å². The number of benzene rings is 10. The number of hydrogen-bond donors (Lipinski definition) is 0. The van der Waals surface area contributed by atoms with Gasteiger partial charge in [0, 0.05) is 27.5 Å². The van der Waals surface area contributed by atoms with Crippen LogP contribution in [0.25, 0.3) is 76.9 Å². The predicted octanol–water partition coefficient (Wildman–Crippen LogP) is 15.4. The van der Waals surface area contributed by atoms with Crippen molar-refractivity contribution in [1.29, 1.82) is 0 Å². The summed E-state index contributed by atoms with van der Waals surface area (Å²) < 4.78 is 7.38. The summed E-state index contributed by atoms with van der Waals surface area (Å²) in [7, 11) is 0. The van der Waals surface area contributed by atoms with Gasteiger partial charge in [0.25, 0.3) is 0 Å². The minimum atomic E-state index is -0.457. The van der Waals surface area contributed by atoms with E-state index in [1.165, 1.54) is 60.7 Å². The van der Waals surface area contributed by atoms with Crippen LogP contribution in [0.5, 0.6) is 0 Å². The van der Waals surface area contributed by atoms with E-state index in [4.69, 9.17) is 4.42 Å². The Hall–Kier alpha value is -7.68. The summed E-state index contributed by atoms with van der Waals surface area (Å²) in [6.45, 7) is 0. The maximum Gasteiger partial charge on any atom is 0.160 e. The average molecular weight is 750 g/mol. The summed E-state index contributed by atoms with van der Waals surface area (Å²) in [5.41, 5.74) is 17.2. The molecule has 1 heterocycles. The van der Waals surface area contributed by atoms with Crippen LogP contribution in [0.1, 0.15) is 22.3 Å². The number of rotatable bonds is 4. The second kappa shape index (κ2) is 12.2. The first-order chi connectivity index (χ1) is 29.3. The van der Waals surface area contributed by atoms with Crippen molar-refractivity contribution in [3.05, 3.63) is 235 Å². The highest BCUT2D eigenvalue weighted by Crippen LogP contribution is 2.63. The quantitative estimate of drug-likeness (QED) is 0.167. The number of furan rings is 1. The maximum atomic E-state index is 7.38. The second-order valence-electron chi connectivity index (χ2n) is 15.9. The van der Waals surface area contributed by atoms with Crippen LogP contribution in [-0.4, -0.2) is 0 Å². The molecule has 0 atom stereocenters. The highest BCUT2D eigenvalue weighted by molar-refractivity contribution is 6.33. The molecule has 1 spiro atoms. The Bertz CT molecular complexity index is 3440. The molecule has 59 heavy (non-hydrogen) atoms.